The molecule has 1 saturated heterocycles. The summed E-state index contributed by atoms with van der Waals surface area (Å²) in [6.45, 7) is 10.1. The second kappa shape index (κ2) is 7.87. The Morgan fingerprint density at radius 3 is 2.39 bits per heavy atom. The van der Waals surface area contributed by atoms with E-state index >= 15 is 4.39 Å². The van der Waals surface area contributed by atoms with Crippen LogP contribution in [0, 0.1) is 11.2 Å². The number of amides is 1. The molecule has 0 saturated carbocycles. The van der Waals surface area contributed by atoms with E-state index in [4.69, 9.17) is 5.73 Å². The molecule has 156 valence electrons. The van der Waals surface area contributed by atoms with Crippen molar-refractivity contribution in [3.05, 3.63) is 23.5 Å². The summed E-state index contributed by atoms with van der Waals surface area (Å²) < 4.78 is 15.0. The predicted molar refractivity (Wildman–Crippen MR) is 112 cm³/mol. The molecule has 2 aliphatic heterocycles. The van der Waals surface area contributed by atoms with Gasteiger partial charge in [-0.25, -0.2) is 4.39 Å². The molecule has 6 nitrogen and oxygen atoms in total. The van der Waals surface area contributed by atoms with Crippen LogP contribution in [0.25, 0.3) is 0 Å². The van der Waals surface area contributed by atoms with Crippen molar-refractivity contribution in [2.24, 2.45) is 11.1 Å². The Bertz CT molecular complexity index is 724. The van der Waals surface area contributed by atoms with E-state index in [0.29, 0.717) is 5.69 Å². The lowest BCUT2D eigenvalue weighted by Crippen LogP contribution is -2.50. The number of carbonyl (C=O) groups is 1. The molecule has 3 rings (SSSR count). The number of hydrogen-bond acceptors (Lipinski definition) is 5. The predicted octanol–water partition coefficient (Wildman–Crippen LogP) is 1.95. The number of nitrogens with zero attached hydrogens (tertiary/aromatic N) is 3. The highest BCUT2D eigenvalue weighted by atomic mass is 19.1. The Labute approximate surface area is 167 Å². The van der Waals surface area contributed by atoms with Crippen LogP contribution in [0.3, 0.4) is 0 Å². The van der Waals surface area contributed by atoms with E-state index in [0.717, 1.165) is 50.4 Å². The van der Waals surface area contributed by atoms with E-state index in [9.17, 15) is 4.79 Å². The van der Waals surface area contributed by atoms with Gasteiger partial charge in [-0.15, -0.1) is 0 Å². The highest BCUT2D eigenvalue weighted by Gasteiger charge is 2.32. The van der Waals surface area contributed by atoms with Crippen molar-refractivity contribution in [1.29, 1.82) is 0 Å². The van der Waals surface area contributed by atoms with Gasteiger partial charge in [-0.1, -0.05) is 20.8 Å². The minimum Gasteiger partial charge on any atom is -0.374 e. The maximum Gasteiger partial charge on any atom is 0.237 e. The molecule has 2 atom stereocenters. The van der Waals surface area contributed by atoms with Crippen molar-refractivity contribution in [3.63, 3.8) is 0 Å². The lowest BCUT2D eigenvalue weighted by atomic mass is 9.86. The summed E-state index contributed by atoms with van der Waals surface area (Å²) in [7, 11) is 4.10. The molecule has 0 aliphatic carbocycles. The zero-order valence-electron chi connectivity index (χ0n) is 17.8. The normalized spacial score (nSPS) is 22.0. The standard InChI is InChI=1S/C21H34FN5O/c1-21(2,3)19(23)20(28)24-16-6-7-26(5)17-13-18(15(22)12-14(16)17)27-10-8-25(4)9-11-27/h12-13,16,19H,6-11,23H2,1-5H3,(H,24,28)/t16?,19-/m1/s1. The number of hydrogen-bond donors (Lipinski definition) is 2. The van der Waals surface area contributed by atoms with E-state index < -0.39 is 6.04 Å². The number of benzene rings is 1. The van der Waals surface area contributed by atoms with Gasteiger partial charge in [0.25, 0.3) is 0 Å². The van der Waals surface area contributed by atoms with E-state index in [1.165, 1.54) is 0 Å². The van der Waals surface area contributed by atoms with Crippen LogP contribution < -0.4 is 20.9 Å². The van der Waals surface area contributed by atoms with Crippen LogP contribution in [0.15, 0.2) is 12.1 Å². The van der Waals surface area contributed by atoms with E-state index in [2.05, 4.69) is 27.1 Å². The van der Waals surface area contributed by atoms with Gasteiger partial charge in [0.05, 0.1) is 17.8 Å². The van der Waals surface area contributed by atoms with Gasteiger partial charge in [-0.2, -0.15) is 0 Å². The molecule has 0 spiro atoms. The Kier molecular flexibility index (Phi) is 5.87. The summed E-state index contributed by atoms with van der Waals surface area (Å²) in [5.74, 6) is -0.408. The summed E-state index contributed by atoms with van der Waals surface area (Å²) in [4.78, 5) is 19.1. The van der Waals surface area contributed by atoms with E-state index in [-0.39, 0.29) is 23.2 Å². The van der Waals surface area contributed by atoms with Crippen molar-refractivity contribution in [3.8, 4) is 0 Å². The Hall–Kier alpha value is -1.86. The Morgan fingerprint density at radius 1 is 1.14 bits per heavy atom. The number of halogens is 1. The van der Waals surface area contributed by atoms with Crippen molar-refractivity contribution in [1.82, 2.24) is 10.2 Å². The van der Waals surface area contributed by atoms with Gasteiger partial charge in [-0.05, 0) is 31.0 Å². The maximum atomic E-state index is 15.0. The van der Waals surface area contributed by atoms with Gasteiger partial charge in [0, 0.05) is 51.0 Å². The first-order valence-electron chi connectivity index (χ1n) is 10.1. The van der Waals surface area contributed by atoms with Crippen LogP contribution in [0.4, 0.5) is 15.8 Å². The van der Waals surface area contributed by atoms with Crippen LogP contribution in [-0.4, -0.2) is 63.7 Å². The lowest BCUT2D eigenvalue weighted by molar-refractivity contribution is -0.125. The molecule has 2 aliphatic rings. The molecule has 2 heterocycles. The van der Waals surface area contributed by atoms with Crippen molar-refractivity contribution in [2.45, 2.75) is 39.3 Å². The SMILES string of the molecule is CN1CCN(c2cc3c(cc2F)C(NC(=O)[C@@H](N)C(C)(C)C)CCN3C)CC1. The van der Waals surface area contributed by atoms with Crippen molar-refractivity contribution < 1.29 is 9.18 Å². The Balaban J connectivity index is 1.85. The fourth-order valence-corrected chi connectivity index (χ4v) is 3.87. The quantitative estimate of drug-likeness (QED) is 0.825. The topological polar surface area (TPSA) is 64.8 Å². The molecule has 1 unspecified atom stereocenters. The number of piperazine rings is 1. The molecule has 0 radical (unpaired) electrons. The minimum atomic E-state index is -0.606. The smallest absolute Gasteiger partial charge is 0.237 e. The zero-order valence-corrected chi connectivity index (χ0v) is 17.8. The summed E-state index contributed by atoms with van der Waals surface area (Å²) in [6, 6.07) is 2.72. The van der Waals surface area contributed by atoms with Crippen LogP contribution >= 0.6 is 0 Å². The van der Waals surface area contributed by atoms with E-state index in [1.54, 1.807) is 6.07 Å². The van der Waals surface area contributed by atoms with Crippen LogP contribution in [0.1, 0.15) is 38.8 Å². The summed E-state index contributed by atoms with van der Waals surface area (Å²) in [5.41, 5.74) is 8.25. The van der Waals surface area contributed by atoms with Crippen molar-refractivity contribution in [2.75, 3.05) is 56.6 Å². The average molecular weight is 392 g/mol. The first kappa shape index (κ1) is 20.9. The summed E-state index contributed by atoms with van der Waals surface area (Å²) in [6.07, 6.45) is 0.736. The highest BCUT2D eigenvalue weighted by molar-refractivity contribution is 5.83. The number of fused-ring (bicyclic) bond motifs is 1. The van der Waals surface area contributed by atoms with Crippen LogP contribution in [0.2, 0.25) is 0 Å². The molecule has 28 heavy (non-hydrogen) atoms. The van der Waals surface area contributed by atoms with Crippen molar-refractivity contribution >= 4 is 17.3 Å². The monoisotopic (exact) mass is 391 g/mol. The molecule has 1 amide bonds. The third-order valence-electron chi connectivity index (χ3n) is 6.01. The van der Waals surface area contributed by atoms with Gasteiger partial charge in [0.15, 0.2) is 0 Å². The molecule has 1 fully saturated rings. The molecule has 7 heteroatoms. The number of carbonyl (C=O) groups excluding carboxylic acids is 1. The van der Waals surface area contributed by atoms with Crippen LogP contribution in [0.5, 0.6) is 0 Å². The molecule has 1 aromatic carbocycles. The van der Waals surface area contributed by atoms with Gasteiger partial charge < -0.3 is 25.8 Å². The number of likely N-dealkylation sites (N-methyl/N-ethyl adjacent to an activating group) is 1. The highest BCUT2D eigenvalue weighted by Crippen LogP contribution is 2.38. The van der Waals surface area contributed by atoms with Gasteiger partial charge >= 0.3 is 0 Å². The first-order chi connectivity index (χ1) is 13.1. The lowest BCUT2D eigenvalue weighted by Gasteiger charge is -2.38. The van der Waals surface area contributed by atoms with Gasteiger partial charge in [0.2, 0.25) is 5.91 Å². The Morgan fingerprint density at radius 2 is 1.79 bits per heavy atom. The third-order valence-corrected chi connectivity index (χ3v) is 6.01. The maximum absolute atomic E-state index is 15.0. The first-order valence-corrected chi connectivity index (χ1v) is 10.1. The van der Waals surface area contributed by atoms with Gasteiger partial charge in [0.1, 0.15) is 5.82 Å². The average Bonchev–Trinajstić information content (AvgIpc) is 2.63. The zero-order chi connectivity index (χ0) is 20.6. The summed E-state index contributed by atoms with van der Waals surface area (Å²) >= 11 is 0. The molecular weight excluding hydrogens is 357 g/mol. The van der Waals surface area contributed by atoms with Gasteiger partial charge in [-0.3, -0.25) is 4.79 Å². The number of rotatable bonds is 3. The molecule has 0 bridgehead atoms. The fraction of sp³-hybridized carbons (Fsp3) is 0.667. The second-order valence-electron chi connectivity index (χ2n) is 9.27. The number of nitrogens with one attached hydrogen (secondary N) is 1. The molecule has 3 N–H and O–H groups in total. The molecular formula is C21H34FN5O. The van der Waals surface area contributed by atoms with E-state index in [1.807, 2.05) is 33.9 Å². The third kappa shape index (κ3) is 4.25. The number of anilines is 2. The minimum absolute atomic E-state index is 0.184. The number of nitrogens with two attached hydrogens (primary N) is 1. The summed E-state index contributed by atoms with van der Waals surface area (Å²) in [5, 5.41) is 3.06. The molecule has 0 aromatic heterocycles. The fourth-order valence-electron chi connectivity index (χ4n) is 3.87. The molecule has 1 aromatic rings. The second-order valence-corrected chi connectivity index (χ2v) is 9.27. The van der Waals surface area contributed by atoms with Crippen LogP contribution in [-0.2, 0) is 4.79 Å². The largest absolute Gasteiger partial charge is 0.374 e.